The number of benzene rings is 2. The van der Waals surface area contributed by atoms with Gasteiger partial charge in [-0.1, -0.05) is 74.9 Å². The van der Waals surface area contributed by atoms with E-state index in [1.165, 1.54) is 23.8 Å². The first-order valence-electron chi connectivity index (χ1n) is 10.2. The molecule has 3 rings (SSSR count). The molecule has 0 heterocycles. The van der Waals surface area contributed by atoms with Crippen molar-refractivity contribution >= 4 is 21.5 Å². The van der Waals surface area contributed by atoms with Crippen LogP contribution in [0.25, 0.3) is 5.57 Å². The minimum absolute atomic E-state index is 0.0260. The van der Waals surface area contributed by atoms with Gasteiger partial charge >= 0.3 is 0 Å². The average Bonchev–Trinajstić information content (AvgIpc) is 2.99. The Balaban J connectivity index is 1.96. The van der Waals surface area contributed by atoms with Crippen LogP contribution < -0.4 is 0 Å². The van der Waals surface area contributed by atoms with Crippen LogP contribution >= 0.6 is 0 Å². The maximum atomic E-state index is 13.2. The van der Waals surface area contributed by atoms with Gasteiger partial charge in [-0.15, -0.1) is 6.58 Å². The van der Waals surface area contributed by atoms with Crippen molar-refractivity contribution in [2.45, 2.75) is 44.4 Å². The van der Waals surface area contributed by atoms with Crippen molar-refractivity contribution < 1.29 is 13.2 Å². The van der Waals surface area contributed by atoms with E-state index in [1.807, 2.05) is 25.1 Å². The van der Waals surface area contributed by atoms with Crippen LogP contribution in [-0.4, -0.2) is 25.2 Å². The predicted octanol–water partition coefficient (Wildman–Crippen LogP) is 5.10. The highest BCUT2D eigenvalue weighted by molar-refractivity contribution is 7.89. The van der Waals surface area contributed by atoms with Gasteiger partial charge in [0.25, 0.3) is 10.0 Å². The number of rotatable bonds is 7. The van der Waals surface area contributed by atoms with Crippen LogP contribution in [0.3, 0.4) is 0 Å². The fourth-order valence-corrected chi connectivity index (χ4v) is 5.28. The molecule has 2 aromatic carbocycles. The van der Waals surface area contributed by atoms with Crippen molar-refractivity contribution in [2.75, 3.05) is 6.54 Å². The summed E-state index contributed by atoms with van der Waals surface area (Å²) >= 11 is 0. The van der Waals surface area contributed by atoms with Crippen LogP contribution in [0.4, 0.5) is 0 Å². The van der Waals surface area contributed by atoms with Crippen molar-refractivity contribution in [1.29, 1.82) is 0 Å². The molecule has 1 aliphatic rings. The molecule has 30 heavy (non-hydrogen) atoms. The second kappa shape index (κ2) is 8.23. The predicted molar refractivity (Wildman–Crippen MR) is 122 cm³/mol. The molecule has 158 valence electrons. The average molecular weight is 424 g/mol. The molecule has 0 fully saturated rings. The molecule has 2 aromatic rings. The van der Waals surface area contributed by atoms with Crippen LogP contribution in [0.1, 0.15) is 43.9 Å². The Bertz CT molecular complexity index is 1100. The monoisotopic (exact) mass is 423 g/mol. The third-order valence-electron chi connectivity index (χ3n) is 6.05. The number of allylic oxidation sites excluding steroid dienone is 1. The number of hydrogen-bond acceptors (Lipinski definition) is 3. The summed E-state index contributed by atoms with van der Waals surface area (Å²) < 4.78 is 27.3. The fraction of sp³-hybridized carbons (Fsp3) is 0.320. The highest BCUT2D eigenvalue weighted by Crippen LogP contribution is 2.46. The second-order valence-electron chi connectivity index (χ2n) is 8.36. The van der Waals surface area contributed by atoms with Crippen molar-refractivity contribution in [1.82, 2.24) is 4.31 Å². The second-order valence-corrected chi connectivity index (χ2v) is 10.2. The summed E-state index contributed by atoms with van der Waals surface area (Å²) in [5.74, 6) is -0.114. The Labute approximate surface area is 180 Å². The van der Waals surface area contributed by atoms with Gasteiger partial charge in [-0.2, -0.15) is 0 Å². The van der Waals surface area contributed by atoms with E-state index in [4.69, 9.17) is 0 Å². The molecule has 5 heteroatoms. The topological polar surface area (TPSA) is 54.5 Å². The Hall–Kier alpha value is -2.66. The molecule has 0 saturated carbocycles. The van der Waals surface area contributed by atoms with Gasteiger partial charge in [-0.3, -0.25) is 4.79 Å². The maximum absolute atomic E-state index is 13.2. The Kier molecular flexibility index (Phi) is 6.04. The molecule has 0 aliphatic heterocycles. The Morgan fingerprint density at radius 2 is 1.77 bits per heavy atom. The maximum Gasteiger partial charge on any atom is 0.266 e. The molecule has 0 N–H and O–H groups in total. The summed E-state index contributed by atoms with van der Waals surface area (Å²) in [6.07, 6.45) is 3.60. The summed E-state index contributed by atoms with van der Waals surface area (Å²) in [5, 5.41) is 0. The van der Waals surface area contributed by atoms with Gasteiger partial charge in [0.05, 0.1) is 17.9 Å². The van der Waals surface area contributed by atoms with E-state index in [0.29, 0.717) is 5.92 Å². The highest BCUT2D eigenvalue weighted by atomic mass is 32.2. The summed E-state index contributed by atoms with van der Waals surface area (Å²) in [5.41, 5.74) is 3.84. The molecule has 0 aromatic heterocycles. The van der Waals surface area contributed by atoms with Gasteiger partial charge in [0, 0.05) is 5.41 Å². The summed E-state index contributed by atoms with van der Waals surface area (Å²) in [4.78, 5) is 13.3. The lowest BCUT2D eigenvalue weighted by Gasteiger charge is -2.28. The first kappa shape index (κ1) is 22.0. The van der Waals surface area contributed by atoms with E-state index >= 15 is 0 Å². The zero-order chi connectivity index (χ0) is 22.1. The minimum Gasteiger partial charge on any atom is -0.273 e. The van der Waals surface area contributed by atoms with Crippen LogP contribution in [0.15, 0.2) is 72.2 Å². The smallest absolute Gasteiger partial charge is 0.266 e. The summed E-state index contributed by atoms with van der Waals surface area (Å²) in [6.45, 7) is 11.9. The number of fused-ring (bicyclic) bond motifs is 1. The van der Waals surface area contributed by atoms with E-state index in [0.717, 1.165) is 21.0 Å². The number of nitrogens with zero attached hydrogens (tertiary/aromatic N) is 1. The molecule has 1 amide bonds. The number of amides is 1. The van der Waals surface area contributed by atoms with E-state index in [-0.39, 0.29) is 23.3 Å². The lowest BCUT2D eigenvalue weighted by Crippen LogP contribution is -2.37. The van der Waals surface area contributed by atoms with Gasteiger partial charge in [-0.25, -0.2) is 12.7 Å². The molecule has 1 aliphatic carbocycles. The molecule has 0 radical (unpaired) electrons. The van der Waals surface area contributed by atoms with Gasteiger partial charge in [0.2, 0.25) is 5.91 Å². The number of carbonyl (C=O) groups is 1. The number of carbonyl (C=O) groups excluding carboxylic acids is 1. The van der Waals surface area contributed by atoms with Gasteiger partial charge in [0.15, 0.2) is 0 Å². The molecule has 0 saturated heterocycles. The molecule has 0 bridgehead atoms. The third-order valence-corrected chi connectivity index (χ3v) is 7.85. The Morgan fingerprint density at radius 1 is 1.13 bits per heavy atom. The largest absolute Gasteiger partial charge is 0.273 e. The van der Waals surface area contributed by atoms with Gasteiger partial charge in [-0.05, 0) is 41.7 Å². The number of aryl methyl sites for hydroxylation is 1. The molecule has 0 spiro atoms. The zero-order valence-electron chi connectivity index (χ0n) is 18.1. The van der Waals surface area contributed by atoms with Crippen molar-refractivity contribution in [3.8, 4) is 0 Å². The first-order valence-corrected chi connectivity index (χ1v) is 11.6. The van der Waals surface area contributed by atoms with Crippen LogP contribution in [-0.2, 0) is 20.2 Å². The number of sulfonamides is 1. The zero-order valence-corrected chi connectivity index (χ0v) is 18.9. The lowest BCUT2D eigenvalue weighted by atomic mass is 9.75. The van der Waals surface area contributed by atoms with E-state index in [1.54, 1.807) is 12.1 Å². The molecule has 1 unspecified atom stereocenters. The summed E-state index contributed by atoms with van der Waals surface area (Å²) in [6, 6.07) is 14.6. The van der Waals surface area contributed by atoms with Gasteiger partial charge < -0.3 is 0 Å². The summed E-state index contributed by atoms with van der Waals surface area (Å²) in [7, 11) is -3.96. The molecule has 4 nitrogen and oxygen atoms in total. The van der Waals surface area contributed by atoms with E-state index in [9.17, 15) is 13.2 Å². The third kappa shape index (κ3) is 3.86. The molecular weight excluding hydrogens is 394 g/mol. The quantitative estimate of drug-likeness (QED) is 0.582. The highest BCUT2D eigenvalue weighted by Gasteiger charge is 2.38. The molecule has 1 atom stereocenters. The number of hydrogen-bond donors (Lipinski definition) is 0. The normalized spacial score (nSPS) is 18.1. The van der Waals surface area contributed by atoms with E-state index < -0.39 is 15.9 Å². The standard InChI is InChI=1S/C25H29NO3S/c1-6-15-26(30(28,29)21-13-11-19(4)12-14-21)24(27)16-20-17-25(5,18(2)3)23-10-8-7-9-22(20)23/h6-14,17-18H,1,15-16H2,2-5H3. The first-order chi connectivity index (χ1) is 14.1. The van der Waals surface area contributed by atoms with Gasteiger partial charge in [0.1, 0.15) is 0 Å². The minimum atomic E-state index is -3.96. The SMILES string of the molecule is C=CCN(C(=O)CC1=CC(C)(C(C)C)c2ccccc21)S(=O)(=O)c1ccc(C)cc1. The fourth-order valence-electron chi connectivity index (χ4n) is 3.91. The van der Waals surface area contributed by atoms with Crippen molar-refractivity contribution in [3.63, 3.8) is 0 Å². The van der Waals surface area contributed by atoms with Crippen LogP contribution in [0.2, 0.25) is 0 Å². The van der Waals surface area contributed by atoms with Crippen molar-refractivity contribution in [2.24, 2.45) is 5.92 Å². The lowest BCUT2D eigenvalue weighted by molar-refractivity contribution is -0.125. The van der Waals surface area contributed by atoms with Crippen LogP contribution in [0.5, 0.6) is 0 Å². The van der Waals surface area contributed by atoms with Crippen molar-refractivity contribution in [3.05, 3.63) is 84.0 Å². The molecular formula is C25H29NO3S. The Morgan fingerprint density at radius 3 is 2.37 bits per heavy atom. The van der Waals surface area contributed by atoms with E-state index in [2.05, 4.69) is 39.5 Å². The van der Waals surface area contributed by atoms with Crippen LogP contribution in [0, 0.1) is 12.8 Å².